The number of nitrogens with one attached hydrogen (secondary N) is 1. The number of hydrogen-bond acceptors (Lipinski definition) is 3. The van der Waals surface area contributed by atoms with E-state index in [-0.39, 0.29) is 12.3 Å². The monoisotopic (exact) mass is 403 g/mol. The molecule has 0 fully saturated rings. The van der Waals surface area contributed by atoms with Crippen molar-refractivity contribution in [3.8, 4) is 0 Å². The highest BCUT2D eigenvalue weighted by molar-refractivity contribution is 14.1. The Morgan fingerprint density at radius 3 is 2.52 bits per heavy atom. The van der Waals surface area contributed by atoms with Gasteiger partial charge in [-0.25, -0.2) is 18.7 Å². The van der Waals surface area contributed by atoms with Crippen molar-refractivity contribution >= 4 is 28.4 Å². The van der Waals surface area contributed by atoms with Gasteiger partial charge in [-0.3, -0.25) is 0 Å². The number of aromatic nitrogens is 2. The number of hydrogen-bond donors (Lipinski definition) is 1. The van der Waals surface area contributed by atoms with Gasteiger partial charge in [-0.05, 0) is 40.1 Å². The Bertz CT molecular complexity index is 660. The first-order chi connectivity index (χ1) is 9.92. The molecule has 2 rings (SSSR count). The Morgan fingerprint density at radius 2 is 1.95 bits per heavy atom. The van der Waals surface area contributed by atoms with Gasteiger partial charge in [0.05, 0.1) is 9.26 Å². The molecule has 112 valence electrons. The van der Waals surface area contributed by atoms with Crippen molar-refractivity contribution in [1.29, 1.82) is 0 Å². The standard InChI is InChI=1S/C15H16F2IN3/c1-8(2)14-13(18)15(19-3)21-12(20-14)6-9-4-5-10(16)7-11(9)17/h4-5,7-8H,6H2,1-3H3,(H,19,20,21). The summed E-state index contributed by atoms with van der Waals surface area (Å²) in [5.41, 5.74) is 1.31. The van der Waals surface area contributed by atoms with Crippen LogP contribution in [0.2, 0.25) is 0 Å². The molecule has 3 nitrogen and oxygen atoms in total. The Balaban J connectivity index is 2.42. The van der Waals surface area contributed by atoms with Crippen molar-refractivity contribution in [3.05, 3.63) is 50.5 Å². The fourth-order valence-corrected chi connectivity index (χ4v) is 3.11. The molecule has 1 heterocycles. The molecule has 0 amide bonds. The summed E-state index contributed by atoms with van der Waals surface area (Å²) in [5.74, 6) is 0.331. The van der Waals surface area contributed by atoms with Crippen LogP contribution in [-0.4, -0.2) is 17.0 Å². The van der Waals surface area contributed by atoms with Gasteiger partial charge in [0.2, 0.25) is 0 Å². The predicted molar refractivity (Wildman–Crippen MR) is 87.5 cm³/mol. The lowest BCUT2D eigenvalue weighted by atomic mass is 10.1. The maximum absolute atomic E-state index is 13.7. The molecule has 0 atom stereocenters. The van der Waals surface area contributed by atoms with Crippen molar-refractivity contribution in [3.63, 3.8) is 0 Å². The molecule has 0 aliphatic carbocycles. The van der Waals surface area contributed by atoms with Crippen LogP contribution in [0.4, 0.5) is 14.6 Å². The van der Waals surface area contributed by atoms with E-state index in [9.17, 15) is 8.78 Å². The normalized spacial score (nSPS) is 11.0. The van der Waals surface area contributed by atoms with E-state index in [2.05, 4.69) is 37.9 Å². The van der Waals surface area contributed by atoms with Crippen molar-refractivity contribution in [1.82, 2.24) is 9.97 Å². The van der Waals surface area contributed by atoms with Crippen LogP contribution in [0.3, 0.4) is 0 Å². The topological polar surface area (TPSA) is 37.8 Å². The van der Waals surface area contributed by atoms with Crippen molar-refractivity contribution < 1.29 is 8.78 Å². The number of rotatable bonds is 4. The van der Waals surface area contributed by atoms with Crippen LogP contribution in [0.5, 0.6) is 0 Å². The van der Waals surface area contributed by atoms with Gasteiger partial charge in [0.15, 0.2) is 0 Å². The van der Waals surface area contributed by atoms with Crippen molar-refractivity contribution in [2.45, 2.75) is 26.2 Å². The molecule has 0 unspecified atom stereocenters. The largest absolute Gasteiger partial charge is 0.372 e. The Kier molecular flexibility index (Phi) is 5.08. The average molecular weight is 403 g/mol. The first kappa shape index (κ1) is 16.1. The fraction of sp³-hybridized carbons (Fsp3) is 0.333. The van der Waals surface area contributed by atoms with E-state index in [0.29, 0.717) is 11.4 Å². The van der Waals surface area contributed by atoms with Gasteiger partial charge < -0.3 is 5.32 Å². The summed E-state index contributed by atoms with van der Waals surface area (Å²) in [6, 6.07) is 3.55. The van der Waals surface area contributed by atoms with E-state index in [4.69, 9.17) is 0 Å². The molecule has 1 aromatic carbocycles. The fourth-order valence-electron chi connectivity index (χ4n) is 1.98. The molecule has 1 aromatic heterocycles. The van der Waals surface area contributed by atoms with Crippen LogP contribution in [0.25, 0.3) is 0 Å². The van der Waals surface area contributed by atoms with Crippen molar-refractivity contribution in [2.75, 3.05) is 12.4 Å². The quantitative estimate of drug-likeness (QED) is 0.781. The third-order valence-electron chi connectivity index (χ3n) is 3.07. The molecule has 2 aromatic rings. The van der Waals surface area contributed by atoms with Crippen LogP contribution < -0.4 is 5.32 Å². The molecule has 0 saturated carbocycles. The van der Waals surface area contributed by atoms with Gasteiger partial charge in [-0.2, -0.15) is 0 Å². The SMILES string of the molecule is CNc1nc(Cc2ccc(F)cc2F)nc(C(C)C)c1I. The maximum Gasteiger partial charge on any atom is 0.143 e. The summed E-state index contributed by atoms with van der Waals surface area (Å²) in [6.45, 7) is 4.10. The van der Waals surface area contributed by atoms with Gasteiger partial charge >= 0.3 is 0 Å². The van der Waals surface area contributed by atoms with E-state index in [1.165, 1.54) is 12.1 Å². The molecule has 21 heavy (non-hydrogen) atoms. The minimum Gasteiger partial charge on any atom is -0.372 e. The molecule has 0 spiro atoms. The van der Waals surface area contributed by atoms with E-state index in [0.717, 1.165) is 21.1 Å². The molecule has 0 aliphatic heterocycles. The summed E-state index contributed by atoms with van der Waals surface area (Å²) >= 11 is 2.20. The molecular formula is C15H16F2IN3. The van der Waals surface area contributed by atoms with E-state index < -0.39 is 11.6 Å². The lowest BCUT2D eigenvalue weighted by Gasteiger charge is -2.13. The van der Waals surface area contributed by atoms with Gasteiger partial charge in [0.1, 0.15) is 23.3 Å². The molecule has 0 saturated heterocycles. The first-order valence-corrected chi connectivity index (χ1v) is 7.68. The second kappa shape index (κ2) is 6.64. The minimum atomic E-state index is -0.585. The minimum absolute atomic E-state index is 0.234. The zero-order valence-corrected chi connectivity index (χ0v) is 14.2. The van der Waals surface area contributed by atoms with Gasteiger partial charge in [0.25, 0.3) is 0 Å². The second-order valence-corrected chi connectivity index (χ2v) is 6.08. The summed E-state index contributed by atoms with van der Waals surface area (Å²) in [4.78, 5) is 8.92. The lowest BCUT2D eigenvalue weighted by molar-refractivity contribution is 0.573. The third kappa shape index (κ3) is 3.66. The zero-order chi connectivity index (χ0) is 15.6. The van der Waals surface area contributed by atoms with Gasteiger partial charge in [-0.15, -0.1) is 0 Å². The van der Waals surface area contributed by atoms with E-state index in [1.54, 1.807) is 7.05 Å². The smallest absolute Gasteiger partial charge is 0.143 e. The average Bonchev–Trinajstić information content (AvgIpc) is 2.43. The summed E-state index contributed by atoms with van der Waals surface area (Å²) in [7, 11) is 1.79. The van der Waals surface area contributed by atoms with E-state index >= 15 is 0 Å². The highest BCUT2D eigenvalue weighted by atomic mass is 127. The Labute approximate surface area is 136 Å². The zero-order valence-electron chi connectivity index (χ0n) is 12.0. The Morgan fingerprint density at radius 1 is 1.24 bits per heavy atom. The summed E-state index contributed by atoms with van der Waals surface area (Å²) < 4.78 is 27.7. The summed E-state index contributed by atoms with van der Waals surface area (Å²) in [6.07, 6.45) is 0.234. The molecule has 0 aliphatic rings. The molecular weight excluding hydrogens is 387 g/mol. The highest BCUT2D eigenvalue weighted by Crippen LogP contribution is 2.25. The van der Waals surface area contributed by atoms with Crippen molar-refractivity contribution in [2.24, 2.45) is 0 Å². The van der Waals surface area contributed by atoms with Crippen LogP contribution >= 0.6 is 22.6 Å². The molecule has 0 radical (unpaired) electrons. The number of anilines is 1. The summed E-state index contributed by atoms with van der Waals surface area (Å²) in [5, 5.41) is 3.03. The highest BCUT2D eigenvalue weighted by Gasteiger charge is 2.15. The van der Waals surface area contributed by atoms with Crippen LogP contribution in [0.1, 0.15) is 36.8 Å². The van der Waals surface area contributed by atoms with Crippen LogP contribution in [-0.2, 0) is 6.42 Å². The number of nitrogens with zero attached hydrogens (tertiary/aromatic N) is 2. The molecule has 1 N–H and O–H groups in total. The molecule has 6 heteroatoms. The maximum atomic E-state index is 13.7. The third-order valence-corrected chi connectivity index (χ3v) is 4.13. The lowest BCUT2D eigenvalue weighted by Crippen LogP contribution is -2.09. The Hall–Kier alpha value is -1.31. The first-order valence-electron chi connectivity index (χ1n) is 6.60. The number of benzene rings is 1. The van der Waals surface area contributed by atoms with Crippen LogP contribution in [0, 0.1) is 15.2 Å². The van der Waals surface area contributed by atoms with Gasteiger partial charge in [0, 0.05) is 19.5 Å². The molecule has 0 bridgehead atoms. The second-order valence-electron chi connectivity index (χ2n) is 5.00. The van der Waals surface area contributed by atoms with Gasteiger partial charge in [-0.1, -0.05) is 19.9 Å². The van der Waals surface area contributed by atoms with Crippen LogP contribution in [0.15, 0.2) is 18.2 Å². The number of halogens is 3. The predicted octanol–water partition coefficient (Wildman–Crippen LogP) is 4.12. The van der Waals surface area contributed by atoms with E-state index in [1.807, 2.05) is 13.8 Å².